The highest BCUT2D eigenvalue weighted by molar-refractivity contribution is 5.74. The number of urea groups is 1. The Morgan fingerprint density at radius 1 is 1.50 bits per heavy atom. The SMILES string of the molecule is CCN(CC)C(=O)NC(C)Cc1ccco1. The molecule has 1 N–H and O–H groups in total. The molecule has 0 bridgehead atoms. The third kappa shape index (κ3) is 3.61. The molecule has 4 nitrogen and oxygen atoms in total. The van der Waals surface area contributed by atoms with Crippen molar-refractivity contribution in [1.82, 2.24) is 10.2 Å². The number of nitrogens with one attached hydrogen (secondary N) is 1. The Kier molecular flexibility index (Phi) is 4.89. The molecule has 0 saturated heterocycles. The maximum atomic E-state index is 11.7. The van der Waals surface area contributed by atoms with Gasteiger partial charge in [0.25, 0.3) is 0 Å². The molecule has 1 unspecified atom stereocenters. The normalized spacial score (nSPS) is 12.2. The second-order valence-electron chi connectivity index (χ2n) is 3.81. The summed E-state index contributed by atoms with van der Waals surface area (Å²) in [4.78, 5) is 13.5. The molecule has 16 heavy (non-hydrogen) atoms. The molecule has 2 amide bonds. The molecule has 0 aliphatic carbocycles. The molecule has 0 aliphatic rings. The van der Waals surface area contributed by atoms with E-state index >= 15 is 0 Å². The zero-order valence-electron chi connectivity index (χ0n) is 10.2. The Hall–Kier alpha value is -1.45. The van der Waals surface area contributed by atoms with Gasteiger partial charge in [-0.25, -0.2) is 4.79 Å². The highest BCUT2D eigenvalue weighted by atomic mass is 16.3. The number of amides is 2. The summed E-state index contributed by atoms with van der Waals surface area (Å²) in [5.74, 6) is 0.896. The van der Waals surface area contributed by atoms with Crippen LogP contribution in [0.15, 0.2) is 22.8 Å². The summed E-state index contributed by atoms with van der Waals surface area (Å²) >= 11 is 0. The Morgan fingerprint density at radius 2 is 2.19 bits per heavy atom. The molecule has 1 aromatic rings. The molecule has 0 aliphatic heterocycles. The van der Waals surface area contributed by atoms with Crippen LogP contribution in [0.1, 0.15) is 26.5 Å². The Labute approximate surface area is 96.6 Å². The van der Waals surface area contributed by atoms with Crippen LogP contribution in [0.5, 0.6) is 0 Å². The predicted octanol–water partition coefficient (Wildman–Crippen LogP) is 2.26. The average molecular weight is 224 g/mol. The van der Waals surface area contributed by atoms with Gasteiger partial charge in [-0.05, 0) is 32.9 Å². The molecule has 4 heteroatoms. The second kappa shape index (κ2) is 6.20. The second-order valence-corrected chi connectivity index (χ2v) is 3.81. The minimum Gasteiger partial charge on any atom is -0.469 e. The molecule has 0 radical (unpaired) electrons. The van der Waals surface area contributed by atoms with Crippen molar-refractivity contribution >= 4 is 6.03 Å². The van der Waals surface area contributed by atoms with E-state index in [-0.39, 0.29) is 12.1 Å². The molecule has 1 aromatic heterocycles. The fourth-order valence-corrected chi connectivity index (χ4v) is 1.59. The molecule has 0 aromatic carbocycles. The van der Waals surface area contributed by atoms with Gasteiger partial charge >= 0.3 is 6.03 Å². The number of hydrogen-bond acceptors (Lipinski definition) is 2. The van der Waals surface area contributed by atoms with E-state index in [2.05, 4.69) is 5.32 Å². The molecular weight excluding hydrogens is 204 g/mol. The monoisotopic (exact) mass is 224 g/mol. The molecule has 1 heterocycles. The van der Waals surface area contributed by atoms with Gasteiger partial charge in [0.1, 0.15) is 5.76 Å². The van der Waals surface area contributed by atoms with Crippen molar-refractivity contribution in [1.29, 1.82) is 0 Å². The highest BCUT2D eigenvalue weighted by Gasteiger charge is 2.13. The van der Waals surface area contributed by atoms with Gasteiger partial charge in [0.15, 0.2) is 0 Å². The Morgan fingerprint density at radius 3 is 2.69 bits per heavy atom. The van der Waals surface area contributed by atoms with Gasteiger partial charge in [0, 0.05) is 25.6 Å². The molecule has 0 spiro atoms. The average Bonchev–Trinajstić information content (AvgIpc) is 2.71. The summed E-state index contributed by atoms with van der Waals surface area (Å²) < 4.78 is 5.23. The summed E-state index contributed by atoms with van der Waals surface area (Å²) in [6.07, 6.45) is 2.37. The van der Waals surface area contributed by atoms with Crippen LogP contribution in [0.2, 0.25) is 0 Å². The third-order valence-electron chi connectivity index (χ3n) is 2.51. The van der Waals surface area contributed by atoms with Gasteiger partial charge in [-0.2, -0.15) is 0 Å². The maximum absolute atomic E-state index is 11.7. The number of rotatable bonds is 5. The summed E-state index contributed by atoms with van der Waals surface area (Å²) in [5.41, 5.74) is 0. The number of carbonyl (C=O) groups excluding carboxylic acids is 1. The van der Waals surface area contributed by atoms with Crippen molar-refractivity contribution < 1.29 is 9.21 Å². The van der Waals surface area contributed by atoms with Crippen molar-refractivity contribution in [2.45, 2.75) is 33.2 Å². The van der Waals surface area contributed by atoms with E-state index < -0.39 is 0 Å². The fraction of sp³-hybridized carbons (Fsp3) is 0.583. The Balaban J connectivity index is 2.39. The van der Waals surface area contributed by atoms with Gasteiger partial charge in [0.05, 0.1) is 6.26 Å². The molecule has 90 valence electrons. The summed E-state index contributed by atoms with van der Waals surface area (Å²) in [6.45, 7) is 7.39. The standard InChI is InChI=1S/C12H20N2O2/c1-4-14(5-2)12(15)13-10(3)9-11-7-6-8-16-11/h6-8,10H,4-5,9H2,1-3H3,(H,13,15). The summed E-state index contributed by atoms with van der Waals surface area (Å²) in [6, 6.07) is 3.84. The molecule has 0 fully saturated rings. The molecular formula is C12H20N2O2. The van der Waals surface area contributed by atoms with Gasteiger partial charge in [-0.15, -0.1) is 0 Å². The van der Waals surface area contributed by atoms with Gasteiger partial charge in [-0.1, -0.05) is 0 Å². The van der Waals surface area contributed by atoms with Crippen molar-refractivity contribution in [2.75, 3.05) is 13.1 Å². The lowest BCUT2D eigenvalue weighted by atomic mass is 10.2. The number of nitrogens with zero attached hydrogens (tertiary/aromatic N) is 1. The van der Waals surface area contributed by atoms with E-state index in [9.17, 15) is 4.79 Å². The third-order valence-corrected chi connectivity index (χ3v) is 2.51. The predicted molar refractivity (Wildman–Crippen MR) is 63.3 cm³/mol. The largest absolute Gasteiger partial charge is 0.469 e. The van der Waals surface area contributed by atoms with E-state index in [1.54, 1.807) is 11.2 Å². The number of carbonyl (C=O) groups is 1. The lowest BCUT2D eigenvalue weighted by molar-refractivity contribution is 0.199. The first-order valence-electron chi connectivity index (χ1n) is 5.75. The van der Waals surface area contributed by atoms with Crippen LogP contribution in [0.3, 0.4) is 0 Å². The maximum Gasteiger partial charge on any atom is 0.317 e. The first kappa shape index (κ1) is 12.6. The van der Waals surface area contributed by atoms with Crippen LogP contribution in [0, 0.1) is 0 Å². The smallest absolute Gasteiger partial charge is 0.317 e. The van der Waals surface area contributed by atoms with E-state index in [1.807, 2.05) is 32.9 Å². The molecule has 1 atom stereocenters. The number of furan rings is 1. The summed E-state index contributed by atoms with van der Waals surface area (Å²) in [5, 5.41) is 2.95. The van der Waals surface area contributed by atoms with Gasteiger partial charge in [0.2, 0.25) is 0 Å². The van der Waals surface area contributed by atoms with Crippen LogP contribution in [-0.2, 0) is 6.42 Å². The van der Waals surface area contributed by atoms with Crippen LogP contribution < -0.4 is 5.32 Å². The van der Waals surface area contributed by atoms with E-state index in [0.29, 0.717) is 0 Å². The Bertz CT molecular complexity index is 305. The quantitative estimate of drug-likeness (QED) is 0.833. The van der Waals surface area contributed by atoms with Gasteiger partial charge < -0.3 is 14.6 Å². The topological polar surface area (TPSA) is 45.5 Å². The van der Waals surface area contributed by atoms with E-state index in [0.717, 1.165) is 25.3 Å². The van der Waals surface area contributed by atoms with E-state index in [1.165, 1.54) is 0 Å². The van der Waals surface area contributed by atoms with E-state index in [4.69, 9.17) is 4.42 Å². The zero-order valence-corrected chi connectivity index (χ0v) is 10.2. The molecule has 0 saturated carbocycles. The van der Waals surface area contributed by atoms with Crippen molar-refractivity contribution in [3.05, 3.63) is 24.2 Å². The first-order chi connectivity index (χ1) is 7.67. The van der Waals surface area contributed by atoms with Gasteiger partial charge in [-0.3, -0.25) is 0 Å². The number of hydrogen-bond donors (Lipinski definition) is 1. The highest BCUT2D eigenvalue weighted by Crippen LogP contribution is 2.04. The van der Waals surface area contributed by atoms with Crippen molar-refractivity contribution in [3.63, 3.8) is 0 Å². The molecule has 1 rings (SSSR count). The van der Waals surface area contributed by atoms with Crippen LogP contribution in [0.25, 0.3) is 0 Å². The van der Waals surface area contributed by atoms with Crippen LogP contribution in [0.4, 0.5) is 4.79 Å². The minimum atomic E-state index is -0.0101. The van der Waals surface area contributed by atoms with Crippen molar-refractivity contribution in [3.8, 4) is 0 Å². The summed E-state index contributed by atoms with van der Waals surface area (Å²) in [7, 11) is 0. The van der Waals surface area contributed by atoms with Crippen molar-refractivity contribution in [2.24, 2.45) is 0 Å². The van der Waals surface area contributed by atoms with Crippen LogP contribution >= 0.6 is 0 Å². The minimum absolute atomic E-state index is 0.0101. The lowest BCUT2D eigenvalue weighted by Crippen LogP contribution is -2.44. The fourth-order valence-electron chi connectivity index (χ4n) is 1.59. The van der Waals surface area contributed by atoms with Crippen LogP contribution in [-0.4, -0.2) is 30.1 Å². The zero-order chi connectivity index (χ0) is 12.0. The first-order valence-corrected chi connectivity index (χ1v) is 5.75. The lowest BCUT2D eigenvalue weighted by Gasteiger charge is -2.22.